The van der Waals surface area contributed by atoms with Crippen LogP contribution in [-0.2, 0) is 0 Å². The van der Waals surface area contributed by atoms with Gasteiger partial charge in [-0.1, -0.05) is 18.2 Å². The number of rotatable bonds is 2. The molecule has 1 aliphatic rings. The molecular formula is C13H20N2. The first-order chi connectivity index (χ1) is 7.31. The first-order valence-corrected chi connectivity index (χ1v) is 5.85. The normalized spacial score (nSPS) is 26.5. The van der Waals surface area contributed by atoms with Gasteiger partial charge in [-0.2, -0.15) is 0 Å². The zero-order valence-electron chi connectivity index (χ0n) is 9.15. The molecule has 1 aliphatic carbocycles. The summed E-state index contributed by atoms with van der Waals surface area (Å²) in [5, 5.41) is 0. The summed E-state index contributed by atoms with van der Waals surface area (Å²) in [5.74, 6) is 1.40. The van der Waals surface area contributed by atoms with Gasteiger partial charge >= 0.3 is 0 Å². The number of para-hydroxylation sites is 1. The van der Waals surface area contributed by atoms with Crippen LogP contribution in [0.2, 0.25) is 0 Å². The third kappa shape index (κ3) is 2.32. The van der Waals surface area contributed by atoms with Crippen LogP contribution in [0.15, 0.2) is 24.3 Å². The molecule has 15 heavy (non-hydrogen) atoms. The average Bonchev–Trinajstić information content (AvgIpc) is 2.30. The molecule has 1 fully saturated rings. The van der Waals surface area contributed by atoms with E-state index in [0.29, 0.717) is 5.92 Å². The highest BCUT2D eigenvalue weighted by molar-refractivity contribution is 5.48. The van der Waals surface area contributed by atoms with Crippen molar-refractivity contribution in [3.05, 3.63) is 29.8 Å². The summed E-state index contributed by atoms with van der Waals surface area (Å²) < 4.78 is 0. The molecule has 0 saturated heterocycles. The van der Waals surface area contributed by atoms with E-state index >= 15 is 0 Å². The largest absolute Gasteiger partial charge is 0.398 e. The van der Waals surface area contributed by atoms with Crippen LogP contribution in [0.4, 0.5) is 5.69 Å². The van der Waals surface area contributed by atoms with Gasteiger partial charge in [0.25, 0.3) is 0 Å². The van der Waals surface area contributed by atoms with E-state index in [1.54, 1.807) is 0 Å². The molecule has 82 valence electrons. The fourth-order valence-corrected chi connectivity index (χ4v) is 2.59. The summed E-state index contributed by atoms with van der Waals surface area (Å²) in [5.41, 5.74) is 14.0. The lowest BCUT2D eigenvalue weighted by Gasteiger charge is -2.28. The van der Waals surface area contributed by atoms with E-state index in [1.807, 2.05) is 12.1 Å². The molecule has 2 heteroatoms. The third-order valence-electron chi connectivity index (χ3n) is 3.62. The van der Waals surface area contributed by atoms with Gasteiger partial charge in [0.05, 0.1) is 0 Å². The molecule has 1 aromatic rings. The molecule has 0 aliphatic heterocycles. The van der Waals surface area contributed by atoms with E-state index in [1.165, 1.54) is 31.2 Å². The van der Waals surface area contributed by atoms with Crippen LogP contribution in [0.3, 0.4) is 0 Å². The van der Waals surface area contributed by atoms with Gasteiger partial charge in [-0.05, 0) is 55.7 Å². The minimum Gasteiger partial charge on any atom is -0.398 e. The van der Waals surface area contributed by atoms with Crippen molar-refractivity contribution in [1.29, 1.82) is 0 Å². The van der Waals surface area contributed by atoms with E-state index in [2.05, 4.69) is 12.1 Å². The van der Waals surface area contributed by atoms with Gasteiger partial charge in [-0.15, -0.1) is 0 Å². The van der Waals surface area contributed by atoms with Gasteiger partial charge in [0, 0.05) is 5.69 Å². The molecule has 0 radical (unpaired) electrons. The summed E-state index contributed by atoms with van der Waals surface area (Å²) >= 11 is 0. The fourth-order valence-electron chi connectivity index (χ4n) is 2.59. The Morgan fingerprint density at radius 3 is 2.33 bits per heavy atom. The van der Waals surface area contributed by atoms with Crippen molar-refractivity contribution in [2.75, 3.05) is 12.3 Å². The van der Waals surface area contributed by atoms with Crippen molar-refractivity contribution >= 4 is 5.69 Å². The van der Waals surface area contributed by atoms with Crippen LogP contribution < -0.4 is 11.5 Å². The summed E-state index contributed by atoms with van der Waals surface area (Å²) in [6.07, 6.45) is 5.01. The number of nitrogen functional groups attached to an aromatic ring is 1. The summed E-state index contributed by atoms with van der Waals surface area (Å²) in [4.78, 5) is 0. The van der Waals surface area contributed by atoms with Gasteiger partial charge in [0.2, 0.25) is 0 Å². The summed E-state index contributed by atoms with van der Waals surface area (Å²) in [6, 6.07) is 8.26. The summed E-state index contributed by atoms with van der Waals surface area (Å²) in [7, 11) is 0. The Kier molecular flexibility index (Phi) is 3.27. The van der Waals surface area contributed by atoms with Crippen LogP contribution in [0.1, 0.15) is 37.2 Å². The standard InChI is InChI=1S/C13H20N2/c14-9-10-5-7-11(8-6-10)12-3-1-2-4-13(12)15/h1-4,10-11H,5-9,14-15H2. The highest BCUT2D eigenvalue weighted by Crippen LogP contribution is 2.37. The topological polar surface area (TPSA) is 52.0 Å². The zero-order chi connectivity index (χ0) is 10.7. The molecule has 4 N–H and O–H groups in total. The lowest BCUT2D eigenvalue weighted by molar-refractivity contribution is 0.333. The predicted molar refractivity (Wildman–Crippen MR) is 64.6 cm³/mol. The molecule has 2 rings (SSSR count). The van der Waals surface area contributed by atoms with Crippen molar-refractivity contribution in [3.8, 4) is 0 Å². The summed E-state index contributed by atoms with van der Waals surface area (Å²) in [6.45, 7) is 0.844. The Morgan fingerprint density at radius 2 is 1.73 bits per heavy atom. The highest BCUT2D eigenvalue weighted by atomic mass is 14.6. The van der Waals surface area contributed by atoms with Crippen LogP contribution in [0.5, 0.6) is 0 Å². The predicted octanol–water partition coefficient (Wildman–Crippen LogP) is 2.50. The van der Waals surface area contributed by atoms with Crippen molar-refractivity contribution in [1.82, 2.24) is 0 Å². The van der Waals surface area contributed by atoms with E-state index in [4.69, 9.17) is 11.5 Å². The second-order valence-corrected chi connectivity index (χ2v) is 4.58. The molecule has 0 amide bonds. The quantitative estimate of drug-likeness (QED) is 0.727. The molecule has 1 aromatic carbocycles. The van der Waals surface area contributed by atoms with Crippen molar-refractivity contribution in [2.24, 2.45) is 11.7 Å². The van der Waals surface area contributed by atoms with Gasteiger partial charge < -0.3 is 11.5 Å². The molecule has 0 spiro atoms. The van der Waals surface area contributed by atoms with Crippen LogP contribution >= 0.6 is 0 Å². The number of benzene rings is 1. The molecule has 0 bridgehead atoms. The SMILES string of the molecule is NCC1CCC(c2ccccc2N)CC1. The first-order valence-electron chi connectivity index (χ1n) is 5.85. The van der Waals surface area contributed by atoms with Crippen molar-refractivity contribution in [2.45, 2.75) is 31.6 Å². The number of hydrogen-bond acceptors (Lipinski definition) is 2. The zero-order valence-corrected chi connectivity index (χ0v) is 9.15. The lowest BCUT2D eigenvalue weighted by atomic mass is 9.78. The third-order valence-corrected chi connectivity index (χ3v) is 3.62. The first kappa shape index (κ1) is 10.5. The highest BCUT2D eigenvalue weighted by Gasteiger charge is 2.22. The van der Waals surface area contributed by atoms with Crippen molar-refractivity contribution in [3.63, 3.8) is 0 Å². The molecule has 0 heterocycles. The van der Waals surface area contributed by atoms with Crippen LogP contribution in [0.25, 0.3) is 0 Å². The Labute approximate surface area is 91.7 Å². The van der Waals surface area contributed by atoms with Gasteiger partial charge in [-0.3, -0.25) is 0 Å². The molecule has 0 atom stereocenters. The lowest BCUT2D eigenvalue weighted by Crippen LogP contribution is -2.20. The number of anilines is 1. The monoisotopic (exact) mass is 204 g/mol. The number of nitrogens with two attached hydrogens (primary N) is 2. The molecule has 0 unspecified atom stereocenters. The number of hydrogen-bond donors (Lipinski definition) is 2. The molecular weight excluding hydrogens is 184 g/mol. The Bertz CT molecular complexity index is 314. The van der Waals surface area contributed by atoms with Gasteiger partial charge in [-0.25, -0.2) is 0 Å². The second-order valence-electron chi connectivity index (χ2n) is 4.58. The minimum absolute atomic E-state index is 0.661. The Hall–Kier alpha value is -1.02. The average molecular weight is 204 g/mol. The van der Waals surface area contributed by atoms with E-state index in [-0.39, 0.29) is 0 Å². The molecule has 2 nitrogen and oxygen atoms in total. The van der Waals surface area contributed by atoms with E-state index < -0.39 is 0 Å². The van der Waals surface area contributed by atoms with E-state index in [9.17, 15) is 0 Å². The van der Waals surface area contributed by atoms with Crippen LogP contribution in [0, 0.1) is 5.92 Å². The van der Waals surface area contributed by atoms with Gasteiger partial charge in [0.1, 0.15) is 0 Å². The maximum atomic E-state index is 5.99. The maximum absolute atomic E-state index is 5.99. The Balaban J connectivity index is 2.04. The molecule has 1 saturated carbocycles. The molecule has 0 aromatic heterocycles. The maximum Gasteiger partial charge on any atom is 0.0349 e. The van der Waals surface area contributed by atoms with Crippen LogP contribution in [-0.4, -0.2) is 6.54 Å². The van der Waals surface area contributed by atoms with Crippen molar-refractivity contribution < 1.29 is 0 Å². The Morgan fingerprint density at radius 1 is 1.07 bits per heavy atom. The second kappa shape index (κ2) is 4.67. The minimum atomic E-state index is 0.661. The fraction of sp³-hybridized carbons (Fsp3) is 0.538. The smallest absolute Gasteiger partial charge is 0.0349 e. The van der Waals surface area contributed by atoms with E-state index in [0.717, 1.165) is 18.2 Å². The van der Waals surface area contributed by atoms with Gasteiger partial charge in [0.15, 0.2) is 0 Å².